The number of epoxide rings is 1. The SMILES string of the molecule is O=C(O)C12OC1(C1CCCCC1)C1SC1C1=C2Cc2ccccc2O1. The summed E-state index contributed by atoms with van der Waals surface area (Å²) in [7, 11) is 0. The Bertz CT molecular complexity index is 827. The first-order valence-corrected chi connectivity index (χ1v) is 10.2. The van der Waals surface area contributed by atoms with Crippen LogP contribution in [-0.2, 0) is 16.0 Å². The summed E-state index contributed by atoms with van der Waals surface area (Å²) in [5, 5.41) is 10.8. The van der Waals surface area contributed by atoms with Crippen molar-refractivity contribution in [3.8, 4) is 5.75 Å². The Labute approximate surface area is 150 Å². The molecule has 2 aliphatic carbocycles. The molecule has 1 N–H and O–H groups in total. The van der Waals surface area contributed by atoms with Gasteiger partial charge in [-0.15, -0.1) is 11.8 Å². The maximum Gasteiger partial charge on any atom is 0.343 e. The lowest BCUT2D eigenvalue weighted by molar-refractivity contribution is -0.142. The van der Waals surface area contributed by atoms with Crippen LogP contribution in [0.3, 0.4) is 0 Å². The van der Waals surface area contributed by atoms with Crippen molar-refractivity contribution in [2.24, 2.45) is 5.92 Å². The van der Waals surface area contributed by atoms with Gasteiger partial charge in [-0.3, -0.25) is 0 Å². The van der Waals surface area contributed by atoms with Crippen LogP contribution in [-0.4, -0.2) is 32.8 Å². The van der Waals surface area contributed by atoms with Gasteiger partial charge in [-0.05, 0) is 30.4 Å². The number of carbonyl (C=O) groups is 1. The molecule has 0 radical (unpaired) electrons. The van der Waals surface area contributed by atoms with E-state index in [-0.39, 0.29) is 10.5 Å². The summed E-state index contributed by atoms with van der Waals surface area (Å²) in [6.45, 7) is 0. The van der Waals surface area contributed by atoms with Crippen molar-refractivity contribution >= 4 is 17.7 Å². The van der Waals surface area contributed by atoms with E-state index in [1.807, 2.05) is 36.0 Å². The number of carboxylic acid groups (broad SMARTS) is 1. The second kappa shape index (κ2) is 4.63. The standard InChI is InChI=1S/C20H20O4S/c21-18(22)20-13-10-11-6-4-5-9-14(11)23-15(13)16-17(25-16)19(20,24-20)12-7-2-1-3-8-12/h4-6,9,12,16-17H,1-3,7-8,10H2,(H,21,22). The number of para-hydroxylation sites is 1. The topological polar surface area (TPSA) is 59.1 Å². The van der Waals surface area contributed by atoms with Crippen molar-refractivity contribution in [3.63, 3.8) is 0 Å². The van der Waals surface area contributed by atoms with E-state index in [1.165, 1.54) is 19.3 Å². The van der Waals surface area contributed by atoms with Gasteiger partial charge in [0.25, 0.3) is 0 Å². The van der Waals surface area contributed by atoms with Crippen molar-refractivity contribution in [2.75, 3.05) is 0 Å². The predicted molar refractivity (Wildman–Crippen MR) is 93.7 cm³/mol. The number of ether oxygens (including phenoxy) is 2. The molecule has 130 valence electrons. The summed E-state index contributed by atoms with van der Waals surface area (Å²) in [5.41, 5.74) is 0.306. The summed E-state index contributed by atoms with van der Waals surface area (Å²) >= 11 is 1.85. The third kappa shape index (κ3) is 1.62. The highest BCUT2D eigenvalue weighted by atomic mass is 32.2. The van der Waals surface area contributed by atoms with Gasteiger partial charge in [0.1, 0.15) is 17.1 Å². The quantitative estimate of drug-likeness (QED) is 0.821. The molecule has 25 heavy (non-hydrogen) atoms. The number of rotatable bonds is 2. The van der Waals surface area contributed by atoms with Crippen LogP contribution in [0.15, 0.2) is 35.6 Å². The Balaban J connectivity index is 1.49. The van der Waals surface area contributed by atoms with Gasteiger partial charge in [0.05, 0.1) is 10.5 Å². The number of carboxylic acids is 1. The van der Waals surface area contributed by atoms with Gasteiger partial charge in [-0.25, -0.2) is 4.79 Å². The van der Waals surface area contributed by atoms with Crippen LogP contribution in [0.5, 0.6) is 5.75 Å². The molecule has 0 aromatic heterocycles. The molecule has 4 atom stereocenters. The third-order valence-corrected chi connectivity index (χ3v) is 8.18. The lowest BCUT2D eigenvalue weighted by Crippen LogP contribution is -2.50. The number of benzene rings is 1. The zero-order chi connectivity index (χ0) is 16.8. The lowest BCUT2D eigenvalue weighted by Gasteiger charge is -2.35. The fraction of sp³-hybridized carbons (Fsp3) is 0.550. The zero-order valence-electron chi connectivity index (χ0n) is 13.9. The van der Waals surface area contributed by atoms with Crippen LogP contribution in [0, 0.1) is 5.92 Å². The molecule has 5 aliphatic rings. The van der Waals surface area contributed by atoms with Gasteiger partial charge in [0.15, 0.2) is 0 Å². The highest BCUT2D eigenvalue weighted by molar-refractivity contribution is 8.08. The van der Waals surface area contributed by atoms with Crippen molar-refractivity contribution in [3.05, 3.63) is 41.2 Å². The number of hydrogen-bond acceptors (Lipinski definition) is 4. The average molecular weight is 356 g/mol. The molecule has 0 bridgehead atoms. The van der Waals surface area contributed by atoms with E-state index in [2.05, 4.69) is 0 Å². The summed E-state index contributed by atoms with van der Waals surface area (Å²) in [4.78, 5) is 12.5. The van der Waals surface area contributed by atoms with E-state index < -0.39 is 17.2 Å². The van der Waals surface area contributed by atoms with Crippen molar-refractivity contribution in [1.82, 2.24) is 0 Å². The highest BCUT2D eigenvalue weighted by Gasteiger charge is 2.89. The van der Waals surface area contributed by atoms with E-state index in [0.29, 0.717) is 12.3 Å². The molecule has 2 saturated heterocycles. The number of aliphatic carboxylic acids is 1. The van der Waals surface area contributed by atoms with Gasteiger partial charge >= 0.3 is 5.97 Å². The largest absolute Gasteiger partial charge is 0.479 e. The van der Waals surface area contributed by atoms with Crippen LogP contribution in [0.4, 0.5) is 0 Å². The van der Waals surface area contributed by atoms with Gasteiger partial charge in [0, 0.05) is 12.0 Å². The van der Waals surface area contributed by atoms with Gasteiger partial charge in [-0.2, -0.15) is 0 Å². The van der Waals surface area contributed by atoms with Gasteiger partial charge in [0.2, 0.25) is 5.60 Å². The van der Waals surface area contributed by atoms with Crippen molar-refractivity contribution in [2.45, 2.75) is 60.2 Å². The number of hydrogen-bond donors (Lipinski definition) is 1. The molecule has 3 heterocycles. The molecule has 3 aliphatic heterocycles. The molecule has 5 heteroatoms. The van der Waals surface area contributed by atoms with Crippen LogP contribution in [0.1, 0.15) is 37.7 Å². The Morgan fingerprint density at radius 3 is 2.80 bits per heavy atom. The minimum absolute atomic E-state index is 0.246. The maximum absolute atomic E-state index is 12.5. The zero-order valence-corrected chi connectivity index (χ0v) is 14.7. The Hall–Kier alpha value is -1.46. The van der Waals surface area contributed by atoms with E-state index in [4.69, 9.17) is 9.47 Å². The van der Waals surface area contributed by atoms with Crippen LogP contribution in [0.2, 0.25) is 0 Å². The van der Waals surface area contributed by atoms with Crippen LogP contribution in [0.25, 0.3) is 0 Å². The molecular weight excluding hydrogens is 336 g/mol. The minimum Gasteiger partial charge on any atom is -0.479 e. The second-order valence-electron chi connectivity index (χ2n) is 7.92. The van der Waals surface area contributed by atoms with E-state index in [9.17, 15) is 9.90 Å². The van der Waals surface area contributed by atoms with Crippen LogP contribution >= 0.6 is 11.8 Å². The summed E-state index contributed by atoms with van der Waals surface area (Å²) < 4.78 is 12.5. The predicted octanol–water partition coefficient (Wildman–Crippen LogP) is 3.55. The fourth-order valence-electron chi connectivity index (χ4n) is 5.63. The van der Waals surface area contributed by atoms with Crippen LogP contribution < -0.4 is 4.74 Å². The molecule has 1 saturated carbocycles. The van der Waals surface area contributed by atoms with Crippen molar-refractivity contribution in [1.29, 1.82) is 0 Å². The highest BCUT2D eigenvalue weighted by Crippen LogP contribution is 2.76. The first-order valence-electron chi connectivity index (χ1n) is 9.27. The molecule has 4 nitrogen and oxygen atoms in total. The maximum atomic E-state index is 12.5. The van der Waals surface area contributed by atoms with Gasteiger partial charge < -0.3 is 14.6 Å². The summed E-state index contributed by atoms with van der Waals surface area (Å²) in [6.07, 6.45) is 6.48. The minimum atomic E-state index is -1.15. The molecule has 0 spiro atoms. The Morgan fingerprint density at radius 1 is 1.20 bits per heavy atom. The monoisotopic (exact) mass is 356 g/mol. The second-order valence-corrected chi connectivity index (χ2v) is 9.21. The molecule has 3 fully saturated rings. The average Bonchev–Trinajstić information content (AvgIpc) is 3.53. The number of thioether (sulfide) groups is 1. The first-order chi connectivity index (χ1) is 12.2. The molecule has 1 aromatic carbocycles. The van der Waals surface area contributed by atoms with E-state index in [1.54, 1.807) is 0 Å². The smallest absolute Gasteiger partial charge is 0.343 e. The van der Waals surface area contributed by atoms with E-state index in [0.717, 1.165) is 35.5 Å². The molecule has 4 unspecified atom stereocenters. The fourth-order valence-corrected chi connectivity index (χ4v) is 7.10. The normalized spacial score (nSPS) is 41.0. The lowest BCUT2D eigenvalue weighted by atomic mass is 9.66. The Kier molecular flexibility index (Phi) is 2.72. The molecule has 6 rings (SSSR count). The summed E-state index contributed by atoms with van der Waals surface area (Å²) in [5.74, 6) is 1.30. The first kappa shape index (κ1) is 14.7. The number of fused-ring (bicyclic) bond motifs is 6. The molecule has 1 aromatic rings. The Morgan fingerprint density at radius 2 is 2.00 bits per heavy atom. The third-order valence-electron chi connectivity index (χ3n) is 6.80. The molecule has 0 amide bonds. The summed E-state index contributed by atoms with van der Waals surface area (Å²) in [6, 6.07) is 7.97. The van der Waals surface area contributed by atoms with E-state index >= 15 is 0 Å². The molecular formula is C20H20O4S. The van der Waals surface area contributed by atoms with Crippen molar-refractivity contribution < 1.29 is 19.4 Å². The van der Waals surface area contributed by atoms with Gasteiger partial charge in [-0.1, -0.05) is 37.5 Å².